The summed E-state index contributed by atoms with van der Waals surface area (Å²) in [5, 5.41) is 15.1. The lowest BCUT2D eigenvalue weighted by molar-refractivity contribution is -0.192. The van der Waals surface area contributed by atoms with Crippen molar-refractivity contribution >= 4 is 21.9 Å². The third-order valence-electron chi connectivity index (χ3n) is 2.40. The molecule has 8 nitrogen and oxygen atoms in total. The van der Waals surface area contributed by atoms with Crippen LogP contribution in [-0.4, -0.2) is 43.3 Å². The molecule has 2 aromatic rings. The number of alkyl halides is 3. The van der Waals surface area contributed by atoms with E-state index >= 15 is 0 Å². The molecule has 0 unspecified atom stereocenters. The molecule has 0 aliphatic heterocycles. The van der Waals surface area contributed by atoms with Gasteiger partial charge in [-0.15, -0.1) is 5.10 Å². The molecule has 0 fully saturated rings. The molecule has 2 rings (SSSR count). The second-order valence-corrected chi connectivity index (χ2v) is 5.54. The van der Waals surface area contributed by atoms with Gasteiger partial charge >= 0.3 is 12.1 Å². The average Bonchev–Trinajstić information content (AvgIpc) is 2.93. The first-order valence-electron chi connectivity index (χ1n) is 6.77. The van der Waals surface area contributed by atoms with Gasteiger partial charge in [-0.05, 0) is 35.0 Å². The second kappa shape index (κ2) is 9.32. The van der Waals surface area contributed by atoms with E-state index in [1.807, 2.05) is 25.3 Å². The van der Waals surface area contributed by atoms with Crippen LogP contribution in [0.5, 0.6) is 5.75 Å². The van der Waals surface area contributed by atoms with Gasteiger partial charge in [0.1, 0.15) is 16.9 Å². The van der Waals surface area contributed by atoms with Crippen LogP contribution in [-0.2, 0) is 17.9 Å². The summed E-state index contributed by atoms with van der Waals surface area (Å²) in [7, 11) is 0. The molecule has 12 heteroatoms. The van der Waals surface area contributed by atoms with Gasteiger partial charge in [0.2, 0.25) is 0 Å². The fourth-order valence-corrected chi connectivity index (χ4v) is 1.78. The number of nitrogens with two attached hydrogens (primary N) is 1. The number of rotatable bonds is 5. The first-order valence-corrected chi connectivity index (χ1v) is 7.57. The van der Waals surface area contributed by atoms with Crippen molar-refractivity contribution in [3.63, 3.8) is 0 Å². The van der Waals surface area contributed by atoms with Crippen LogP contribution in [0, 0.1) is 0 Å². The predicted octanol–water partition coefficient (Wildman–Crippen LogP) is 2.00. The highest BCUT2D eigenvalue weighted by atomic mass is 79.9. The highest BCUT2D eigenvalue weighted by Gasteiger charge is 2.38. The predicted molar refractivity (Wildman–Crippen MR) is 83.6 cm³/mol. The van der Waals surface area contributed by atoms with Gasteiger partial charge in [0.05, 0.1) is 12.7 Å². The summed E-state index contributed by atoms with van der Waals surface area (Å²) in [5.74, 6) is -2.08. The molecule has 0 aliphatic rings. The van der Waals surface area contributed by atoms with Crippen LogP contribution in [0.15, 0.2) is 29.1 Å². The topological polar surface area (TPSA) is 116 Å². The summed E-state index contributed by atoms with van der Waals surface area (Å²) in [4.78, 5) is 13.0. The van der Waals surface area contributed by atoms with Crippen LogP contribution < -0.4 is 10.5 Å². The number of hydrogen-bond acceptors (Lipinski definition) is 6. The molecule has 0 saturated carbocycles. The zero-order valence-corrected chi connectivity index (χ0v) is 14.5. The number of aromatic nitrogens is 4. The summed E-state index contributed by atoms with van der Waals surface area (Å²) in [5.41, 5.74) is 6.44. The molecule has 0 spiro atoms. The Morgan fingerprint density at radius 3 is 2.68 bits per heavy atom. The van der Waals surface area contributed by atoms with Crippen molar-refractivity contribution in [2.45, 2.75) is 32.3 Å². The first-order chi connectivity index (χ1) is 11.6. The molecule has 2 aromatic heterocycles. The Morgan fingerprint density at radius 1 is 1.52 bits per heavy atom. The average molecular weight is 426 g/mol. The minimum Gasteiger partial charge on any atom is -0.484 e. The maximum Gasteiger partial charge on any atom is 0.490 e. The standard InChI is InChI=1S/C11H14BrN5O.C2HF3O2/c1-8(13)5-17-6-9(15-16-17)7-18-10-3-2-4-14-11(10)12;3-2(4,5)1(6)7/h2-4,6,8H,5,7,13H2,1H3;(H,6,7)/t8-;/m0./s1. The van der Waals surface area contributed by atoms with Gasteiger partial charge in [-0.2, -0.15) is 13.2 Å². The number of nitrogens with zero attached hydrogens (tertiary/aromatic N) is 4. The SMILES string of the molecule is C[C@H](N)Cn1cc(COc2cccnc2Br)nn1.O=C(O)C(F)(F)F. The van der Waals surface area contributed by atoms with E-state index in [2.05, 4.69) is 31.2 Å². The molecule has 1 atom stereocenters. The smallest absolute Gasteiger partial charge is 0.484 e. The third kappa shape index (κ3) is 7.94. The molecule has 0 amide bonds. The highest BCUT2D eigenvalue weighted by Crippen LogP contribution is 2.21. The number of aliphatic carboxylic acids is 1. The summed E-state index contributed by atoms with van der Waals surface area (Å²) >= 11 is 3.31. The quantitative estimate of drug-likeness (QED) is 0.703. The van der Waals surface area contributed by atoms with Gasteiger partial charge in [0.25, 0.3) is 0 Å². The van der Waals surface area contributed by atoms with E-state index in [1.165, 1.54) is 0 Å². The number of halogens is 4. The maximum atomic E-state index is 10.6. The highest BCUT2D eigenvalue weighted by molar-refractivity contribution is 9.10. The molecule has 3 N–H and O–H groups in total. The van der Waals surface area contributed by atoms with Crippen molar-refractivity contribution < 1.29 is 27.8 Å². The van der Waals surface area contributed by atoms with Crippen molar-refractivity contribution in [3.05, 3.63) is 34.8 Å². The van der Waals surface area contributed by atoms with Crippen LogP contribution in [0.25, 0.3) is 0 Å². The van der Waals surface area contributed by atoms with Crippen LogP contribution in [0.1, 0.15) is 12.6 Å². The van der Waals surface area contributed by atoms with Crippen molar-refractivity contribution in [3.8, 4) is 5.75 Å². The van der Waals surface area contributed by atoms with Gasteiger partial charge < -0.3 is 15.6 Å². The number of pyridine rings is 1. The molecular weight excluding hydrogens is 411 g/mol. The third-order valence-corrected chi connectivity index (χ3v) is 3.00. The Hall–Kier alpha value is -2.21. The van der Waals surface area contributed by atoms with Gasteiger partial charge in [-0.3, -0.25) is 4.68 Å². The molecule has 0 aliphatic carbocycles. The van der Waals surface area contributed by atoms with E-state index in [9.17, 15) is 13.2 Å². The van der Waals surface area contributed by atoms with Crippen LogP contribution >= 0.6 is 15.9 Å². The Morgan fingerprint density at radius 2 is 2.16 bits per heavy atom. The molecule has 0 bridgehead atoms. The largest absolute Gasteiger partial charge is 0.490 e. The fourth-order valence-electron chi connectivity index (χ4n) is 1.42. The van der Waals surface area contributed by atoms with E-state index in [0.29, 0.717) is 23.5 Å². The van der Waals surface area contributed by atoms with E-state index in [-0.39, 0.29) is 6.04 Å². The monoisotopic (exact) mass is 425 g/mol. The Kier molecular flexibility index (Phi) is 7.77. The Balaban J connectivity index is 0.000000381. The number of carbonyl (C=O) groups is 1. The van der Waals surface area contributed by atoms with Gasteiger partial charge in [-0.25, -0.2) is 9.78 Å². The van der Waals surface area contributed by atoms with Crippen molar-refractivity contribution in [2.75, 3.05) is 0 Å². The van der Waals surface area contributed by atoms with Gasteiger partial charge in [-0.1, -0.05) is 5.21 Å². The lowest BCUT2D eigenvalue weighted by atomic mass is 10.4. The van der Waals surface area contributed by atoms with Crippen molar-refractivity contribution in [2.24, 2.45) is 5.73 Å². The summed E-state index contributed by atoms with van der Waals surface area (Å²) in [6.45, 7) is 2.91. The van der Waals surface area contributed by atoms with Gasteiger partial charge in [0.15, 0.2) is 5.75 Å². The van der Waals surface area contributed by atoms with Crippen molar-refractivity contribution in [1.82, 2.24) is 20.0 Å². The number of carboxylic acids is 1. The lowest BCUT2D eigenvalue weighted by Crippen LogP contribution is -2.22. The molecule has 0 radical (unpaired) electrons. The zero-order valence-electron chi connectivity index (χ0n) is 12.9. The Bertz CT molecular complexity index is 694. The summed E-state index contributed by atoms with van der Waals surface area (Å²) in [6, 6.07) is 3.70. The summed E-state index contributed by atoms with van der Waals surface area (Å²) in [6.07, 6.45) is -1.57. The number of ether oxygens (including phenoxy) is 1. The molecule has 0 saturated heterocycles. The molecule has 0 aromatic carbocycles. The molecular formula is C13H15BrF3N5O3. The fraction of sp³-hybridized carbons (Fsp3) is 0.385. The zero-order chi connectivity index (χ0) is 19.0. The molecule has 25 heavy (non-hydrogen) atoms. The number of carboxylic acid groups (broad SMARTS) is 1. The van der Waals surface area contributed by atoms with Crippen LogP contribution in [0.2, 0.25) is 0 Å². The minimum atomic E-state index is -5.08. The van der Waals surface area contributed by atoms with Gasteiger partial charge in [0, 0.05) is 12.2 Å². The van der Waals surface area contributed by atoms with Crippen molar-refractivity contribution in [1.29, 1.82) is 0 Å². The lowest BCUT2D eigenvalue weighted by Gasteiger charge is -2.04. The first kappa shape index (κ1) is 20.8. The second-order valence-electron chi connectivity index (χ2n) is 4.79. The minimum absolute atomic E-state index is 0.0490. The maximum absolute atomic E-state index is 10.6. The number of hydrogen-bond donors (Lipinski definition) is 2. The van der Waals surface area contributed by atoms with Crippen LogP contribution in [0.4, 0.5) is 13.2 Å². The van der Waals surface area contributed by atoms with E-state index < -0.39 is 12.1 Å². The van der Waals surface area contributed by atoms with E-state index in [4.69, 9.17) is 20.4 Å². The normalized spacial score (nSPS) is 12.1. The molecule has 138 valence electrons. The van der Waals surface area contributed by atoms with E-state index in [1.54, 1.807) is 10.9 Å². The Labute approximate surface area is 148 Å². The van der Waals surface area contributed by atoms with Crippen LogP contribution in [0.3, 0.4) is 0 Å². The summed E-state index contributed by atoms with van der Waals surface area (Å²) < 4.78 is 39.7. The van der Waals surface area contributed by atoms with E-state index in [0.717, 1.165) is 5.69 Å². The molecule has 2 heterocycles.